The third-order valence-corrected chi connectivity index (χ3v) is 3.97. The maximum Gasteiger partial charge on any atom is 0.231 e. The van der Waals surface area contributed by atoms with Gasteiger partial charge in [-0.15, -0.1) is 0 Å². The van der Waals surface area contributed by atoms with E-state index in [9.17, 15) is 13.6 Å². The fourth-order valence-corrected chi connectivity index (χ4v) is 2.66. The minimum atomic E-state index is -0.738. The van der Waals surface area contributed by atoms with Crippen molar-refractivity contribution in [3.8, 4) is 22.8 Å². The largest absolute Gasteiger partial charge is 0.454 e. The summed E-state index contributed by atoms with van der Waals surface area (Å²) < 4.78 is 42.7. The fourth-order valence-electron chi connectivity index (χ4n) is 2.66. The summed E-state index contributed by atoms with van der Waals surface area (Å²) in [6, 6.07) is 8.30. The number of oxazole rings is 1. The number of aryl methyl sites for hydroxylation is 1. The molecule has 138 valence electrons. The van der Waals surface area contributed by atoms with Crippen LogP contribution in [0.2, 0.25) is 0 Å². The van der Waals surface area contributed by atoms with Crippen LogP contribution in [0.4, 0.5) is 14.5 Å². The summed E-state index contributed by atoms with van der Waals surface area (Å²) >= 11 is 0. The molecular weight excluding hydrogens is 358 g/mol. The average molecular weight is 372 g/mol. The Balaban J connectivity index is 1.36. The molecule has 0 aliphatic carbocycles. The second kappa shape index (κ2) is 7.06. The number of carbonyl (C=O) groups is 1. The number of nitrogens with one attached hydrogen (secondary N) is 1. The Morgan fingerprint density at radius 1 is 1.11 bits per heavy atom. The Bertz CT molecular complexity index is 1000. The number of rotatable bonds is 5. The molecule has 8 heteroatoms. The molecule has 0 saturated carbocycles. The molecule has 2 heterocycles. The van der Waals surface area contributed by atoms with Crippen molar-refractivity contribution < 1.29 is 27.5 Å². The third-order valence-electron chi connectivity index (χ3n) is 3.97. The topological polar surface area (TPSA) is 73.6 Å². The minimum Gasteiger partial charge on any atom is -0.454 e. The van der Waals surface area contributed by atoms with Gasteiger partial charge in [0.05, 0.1) is 11.8 Å². The van der Waals surface area contributed by atoms with Crippen molar-refractivity contribution in [3.63, 3.8) is 0 Å². The fraction of sp³-hybridized carbons (Fsp3) is 0.158. The predicted octanol–water partition coefficient (Wildman–Crippen LogP) is 3.92. The van der Waals surface area contributed by atoms with Crippen LogP contribution < -0.4 is 14.8 Å². The Morgan fingerprint density at radius 2 is 1.96 bits per heavy atom. The molecule has 0 fully saturated rings. The van der Waals surface area contributed by atoms with Crippen molar-refractivity contribution in [1.29, 1.82) is 0 Å². The average Bonchev–Trinajstić information content (AvgIpc) is 3.28. The van der Waals surface area contributed by atoms with Gasteiger partial charge in [-0.3, -0.25) is 4.79 Å². The first kappa shape index (κ1) is 17.0. The zero-order valence-corrected chi connectivity index (χ0v) is 14.0. The third kappa shape index (κ3) is 3.74. The summed E-state index contributed by atoms with van der Waals surface area (Å²) in [6.45, 7) is 0.161. The second-order valence-corrected chi connectivity index (χ2v) is 5.86. The summed E-state index contributed by atoms with van der Waals surface area (Å²) in [4.78, 5) is 16.1. The molecule has 1 aliphatic rings. The molecule has 0 bridgehead atoms. The van der Waals surface area contributed by atoms with E-state index in [1.165, 1.54) is 12.3 Å². The van der Waals surface area contributed by atoms with E-state index in [1.807, 2.05) is 0 Å². The van der Waals surface area contributed by atoms with Crippen molar-refractivity contribution >= 4 is 11.6 Å². The molecular formula is C19H14F2N2O4. The summed E-state index contributed by atoms with van der Waals surface area (Å²) in [5, 5.41) is 2.75. The van der Waals surface area contributed by atoms with Crippen LogP contribution in [0.15, 0.2) is 47.0 Å². The highest BCUT2D eigenvalue weighted by molar-refractivity contribution is 5.91. The monoisotopic (exact) mass is 372 g/mol. The van der Waals surface area contributed by atoms with Crippen LogP contribution in [-0.4, -0.2) is 17.7 Å². The Kier molecular flexibility index (Phi) is 4.45. The maximum atomic E-state index is 13.8. The minimum absolute atomic E-state index is 0.111. The number of carbonyl (C=O) groups excluding carboxylic acids is 1. The van der Waals surface area contributed by atoms with Gasteiger partial charge in [0.2, 0.25) is 12.7 Å². The molecule has 2 aromatic carbocycles. The lowest BCUT2D eigenvalue weighted by atomic mass is 10.2. The molecule has 0 radical (unpaired) electrons. The van der Waals surface area contributed by atoms with E-state index in [4.69, 9.17) is 13.9 Å². The van der Waals surface area contributed by atoms with Crippen molar-refractivity contribution in [2.75, 3.05) is 12.1 Å². The maximum absolute atomic E-state index is 13.8. The Labute approximate surface area is 152 Å². The molecule has 6 nitrogen and oxygen atoms in total. The first-order chi connectivity index (χ1) is 13.1. The van der Waals surface area contributed by atoms with Gasteiger partial charge in [0, 0.05) is 30.7 Å². The number of amides is 1. The number of fused-ring (bicyclic) bond motifs is 1. The number of halogens is 2. The van der Waals surface area contributed by atoms with Gasteiger partial charge >= 0.3 is 0 Å². The normalized spacial score (nSPS) is 12.2. The molecule has 0 spiro atoms. The first-order valence-corrected chi connectivity index (χ1v) is 8.18. The van der Waals surface area contributed by atoms with Gasteiger partial charge in [0.25, 0.3) is 0 Å². The highest BCUT2D eigenvalue weighted by Crippen LogP contribution is 2.34. The van der Waals surface area contributed by atoms with E-state index in [0.717, 1.165) is 12.1 Å². The molecule has 0 saturated heterocycles. The van der Waals surface area contributed by atoms with Gasteiger partial charge < -0.3 is 19.2 Å². The summed E-state index contributed by atoms with van der Waals surface area (Å²) in [5.41, 5.74) is 0.700. The highest BCUT2D eigenvalue weighted by Gasteiger charge is 2.15. The number of benzene rings is 2. The standard InChI is InChI=1S/C19H14F2N2O4/c20-11-1-3-13(14(21)7-11)17-9-22-19(27-17)6-5-18(24)23-12-2-4-15-16(8-12)26-10-25-15/h1-4,7-9H,5-6,10H2,(H,23,24). The molecule has 4 rings (SSSR count). The first-order valence-electron chi connectivity index (χ1n) is 8.18. The molecule has 1 N–H and O–H groups in total. The van der Waals surface area contributed by atoms with E-state index >= 15 is 0 Å². The molecule has 1 aliphatic heterocycles. The lowest BCUT2D eigenvalue weighted by Crippen LogP contribution is -2.12. The lowest BCUT2D eigenvalue weighted by Gasteiger charge is -2.05. The van der Waals surface area contributed by atoms with Gasteiger partial charge in [-0.1, -0.05) is 0 Å². The number of hydrogen-bond donors (Lipinski definition) is 1. The van der Waals surface area contributed by atoms with Crippen LogP contribution in [0.5, 0.6) is 11.5 Å². The number of ether oxygens (including phenoxy) is 2. The van der Waals surface area contributed by atoms with E-state index in [-0.39, 0.29) is 42.8 Å². The smallest absolute Gasteiger partial charge is 0.231 e. The quantitative estimate of drug-likeness (QED) is 0.735. The van der Waals surface area contributed by atoms with E-state index < -0.39 is 11.6 Å². The number of aromatic nitrogens is 1. The van der Waals surface area contributed by atoms with E-state index in [1.54, 1.807) is 18.2 Å². The predicted molar refractivity (Wildman–Crippen MR) is 91.4 cm³/mol. The molecule has 27 heavy (non-hydrogen) atoms. The molecule has 0 unspecified atom stereocenters. The zero-order valence-electron chi connectivity index (χ0n) is 14.0. The SMILES string of the molecule is O=C(CCc1ncc(-c2ccc(F)cc2F)o1)Nc1ccc2c(c1)OCO2. The van der Waals surface area contributed by atoms with Crippen LogP contribution >= 0.6 is 0 Å². The zero-order chi connectivity index (χ0) is 18.8. The summed E-state index contributed by atoms with van der Waals surface area (Å²) in [5.74, 6) is 0.0315. The molecule has 1 amide bonds. The van der Waals surface area contributed by atoms with Crippen molar-refractivity contribution in [2.45, 2.75) is 12.8 Å². The Hall–Kier alpha value is -3.42. The Morgan fingerprint density at radius 3 is 2.81 bits per heavy atom. The van der Waals surface area contributed by atoms with Gasteiger partial charge in [0.1, 0.15) is 11.6 Å². The van der Waals surface area contributed by atoms with Crippen LogP contribution in [0.3, 0.4) is 0 Å². The van der Waals surface area contributed by atoms with Crippen molar-refractivity contribution in [3.05, 3.63) is 60.1 Å². The van der Waals surface area contributed by atoms with Crippen molar-refractivity contribution in [2.24, 2.45) is 0 Å². The van der Waals surface area contributed by atoms with E-state index in [2.05, 4.69) is 10.3 Å². The lowest BCUT2D eigenvalue weighted by molar-refractivity contribution is -0.116. The van der Waals surface area contributed by atoms with Gasteiger partial charge in [0.15, 0.2) is 23.1 Å². The van der Waals surface area contributed by atoms with Gasteiger partial charge in [-0.2, -0.15) is 0 Å². The van der Waals surface area contributed by atoms with Crippen LogP contribution in [-0.2, 0) is 11.2 Å². The number of nitrogens with zero attached hydrogens (tertiary/aromatic N) is 1. The van der Waals surface area contributed by atoms with Crippen LogP contribution in [0, 0.1) is 11.6 Å². The number of anilines is 1. The van der Waals surface area contributed by atoms with Gasteiger partial charge in [-0.25, -0.2) is 13.8 Å². The highest BCUT2D eigenvalue weighted by atomic mass is 19.1. The summed E-state index contributed by atoms with van der Waals surface area (Å²) in [6.07, 6.45) is 1.71. The van der Waals surface area contributed by atoms with Crippen LogP contribution in [0.1, 0.15) is 12.3 Å². The van der Waals surface area contributed by atoms with E-state index in [0.29, 0.717) is 17.2 Å². The molecule has 3 aromatic rings. The summed E-state index contributed by atoms with van der Waals surface area (Å²) in [7, 11) is 0. The van der Waals surface area contributed by atoms with Gasteiger partial charge in [-0.05, 0) is 24.3 Å². The number of hydrogen-bond acceptors (Lipinski definition) is 5. The second-order valence-electron chi connectivity index (χ2n) is 5.86. The van der Waals surface area contributed by atoms with Crippen LogP contribution in [0.25, 0.3) is 11.3 Å². The molecule has 0 atom stereocenters. The molecule has 1 aromatic heterocycles. The van der Waals surface area contributed by atoms with Crippen molar-refractivity contribution in [1.82, 2.24) is 4.98 Å².